The second kappa shape index (κ2) is 6.12. The number of benzene rings is 2. The van der Waals surface area contributed by atoms with Crippen molar-refractivity contribution in [2.45, 2.75) is 6.42 Å². The highest BCUT2D eigenvalue weighted by molar-refractivity contribution is 5.81. The van der Waals surface area contributed by atoms with Crippen molar-refractivity contribution >= 4 is 5.82 Å². The van der Waals surface area contributed by atoms with Gasteiger partial charge in [0.25, 0.3) is 0 Å². The van der Waals surface area contributed by atoms with Crippen LogP contribution in [0.4, 0.5) is 10.2 Å². The third-order valence-corrected chi connectivity index (χ3v) is 4.39. The molecule has 2 aromatic carbocycles. The van der Waals surface area contributed by atoms with E-state index < -0.39 is 0 Å². The molecule has 6 heteroatoms. The van der Waals surface area contributed by atoms with Crippen LogP contribution in [0.5, 0.6) is 11.5 Å². The first kappa shape index (κ1) is 15.5. The molecule has 1 N–H and O–H groups in total. The molecule has 0 saturated carbocycles. The largest absolute Gasteiger partial charge is 0.496 e. The molecule has 1 aliphatic rings. The summed E-state index contributed by atoms with van der Waals surface area (Å²) < 4.78 is 26.1. The molecule has 1 aromatic heterocycles. The monoisotopic (exact) mass is 339 g/mol. The lowest BCUT2D eigenvalue weighted by Gasteiger charge is -2.12. The first-order chi connectivity index (χ1) is 12.2. The van der Waals surface area contributed by atoms with Crippen molar-refractivity contribution in [2.75, 3.05) is 26.1 Å². The summed E-state index contributed by atoms with van der Waals surface area (Å²) in [4.78, 5) is 0. The van der Waals surface area contributed by atoms with Gasteiger partial charge in [-0.25, -0.2) is 9.07 Å². The van der Waals surface area contributed by atoms with Crippen LogP contribution in [0.15, 0.2) is 42.5 Å². The van der Waals surface area contributed by atoms with Gasteiger partial charge in [-0.05, 0) is 42.8 Å². The molecule has 5 nitrogen and oxygen atoms in total. The molecular weight excluding hydrogens is 321 g/mol. The van der Waals surface area contributed by atoms with E-state index in [-0.39, 0.29) is 5.82 Å². The number of nitrogens with zero attached hydrogens (tertiary/aromatic N) is 2. The number of aromatic nitrogens is 2. The predicted octanol–water partition coefficient (Wildman–Crippen LogP) is 3.66. The molecule has 1 aliphatic heterocycles. The van der Waals surface area contributed by atoms with Gasteiger partial charge in [-0.1, -0.05) is 6.07 Å². The Balaban J connectivity index is 1.94. The minimum absolute atomic E-state index is 0.271. The Morgan fingerprint density at radius 1 is 1.04 bits per heavy atom. The number of ether oxygens (including phenoxy) is 2. The molecule has 3 aromatic rings. The normalized spacial score (nSPS) is 12.6. The number of hydrogen-bond donors (Lipinski definition) is 1. The Labute approximate surface area is 145 Å². The van der Waals surface area contributed by atoms with Gasteiger partial charge in [-0.3, -0.25) is 0 Å². The SMILES string of the molecule is COc1cccc(OC)c1-c1nn(-c2ccc(F)cc2)c2c1CCN2. The molecule has 4 rings (SSSR count). The van der Waals surface area contributed by atoms with Crippen molar-refractivity contribution in [3.05, 3.63) is 53.8 Å². The Kier molecular flexibility index (Phi) is 3.80. The number of anilines is 1. The van der Waals surface area contributed by atoms with E-state index in [1.165, 1.54) is 12.1 Å². The highest BCUT2D eigenvalue weighted by atomic mass is 19.1. The third-order valence-electron chi connectivity index (χ3n) is 4.39. The van der Waals surface area contributed by atoms with E-state index in [0.29, 0.717) is 11.5 Å². The van der Waals surface area contributed by atoms with Crippen LogP contribution in [0.3, 0.4) is 0 Å². The Morgan fingerprint density at radius 2 is 1.72 bits per heavy atom. The molecule has 0 fully saturated rings. The topological polar surface area (TPSA) is 48.3 Å². The number of nitrogens with one attached hydrogen (secondary N) is 1. The number of hydrogen-bond acceptors (Lipinski definition) is 4. The third kappa shape index (κ3) is 2.50. The summed E-state index contributed by atoms with van der Waals surface area (Å²) in [7, 11) is 3.27. The zero-order valence-corrected chi connectivity index (χ0v) is 14.0. The average molecular weight is 339 g/mol. The van der Waals surface area contributed by atoms with Crippen LogP contribution in [0.1, 0.15) is 5.56 Å². The summed E-state index contributed by atoms with van der Waals surface area (Å²) in [6.45, 7) is 0.832. The van der Waals surface area contributed by atoms with E-state index in [1.807, 2.05) is 22.9 Å². The predicted molar refractivity (Wildman–Crippen MR) is 94.3 cm³/mol. The van der Waals surface area contributed by atoms with Crippen molar-refractivity contribution < 1.29 is 13.9 Å². The van der Waals surface area contributed by atoms with E-state index in [4.69, 9.17) is 14.6 Å². The van der Waals surface area contributed by atoms with Crippen molar-refractivity contribution in [2.24, 2.45) is 0 Å². The zero-order chi connectivity index (χ0) is 17.4. The van der Waals surface area contributed by atoms with Gasteiger partial charge in [0.15, 0.2) is 0 Å². The highest BCUT2D eigenvalue weighted by Gasteiger charge is 2.27. The zero-order valence-electron chi connectivity index (χ0n) is 14.0. The summed E-state index contributed by atoms with van der Waals surface area (Å²) in [5.41, 5.74) is 3.55. The van der Waals surface area contributed by atoms with Crippen molar-refractivity contribution in [3.63, 3.8) is 0 Å². The van der Waals surface area contributed by atoms with E-state index >= 15 is 0 Å². The van der Waals surface area contributed by atoms with E-state index in [9.17, 15) is 4.39 Å². The first-order valence-electron chi connectivity index (χ1n) is 8.06. The second-order valence-electron chi connectivity index (χ2n) is 5.78. The van der Waals surface area contributed by atoms with Gasteiger partial charge in [-0.15, -0.1) is 0 Å². The molecular formula is C19H18FN3O2. The molecule has 0 aliphatic carbocycles. The lowest BCUT2D eigenvalue weighted by molar-refractivity contribution is 0.397. The van der Waals surface area contributed by atoms with E-state index in [1.54, 1.807) is 26.4 Å². The van der Waals surface area contributed by atoms with Gasteiger partial charge in [-0.2, -0.15) is 5.10 Å². The van der Waals surface area contributed by atoms with Crippen molar-refractivity contribution in [1.29, 1.82) is 0 Å². The van der Waals surface area contributed by atoms with Gasteiger partial charge >= 0.3 is 0 Å². The average Bonchev–Trinajstić information content (AvgIpc) is 3.24. The van der Waals surface area contributed by atoms with Crippen LogP contribution in [0.2, 0.25) is 0 Å². The van der Waals surface area contributed by atoms with Gasteiger partial charge < -0.3 is 14.8 Å². The van der Waals surface area contributed by atoms with Gasteiger partial charge in [0, 0.05) is 12.1 Å². The fourth-order valence-electron chi connectivity index (χ4n) is 3.23. The molecule has 0 spiro atoms. The molecule has 128 valence electrons. The Bertz CT molecular complexity index is 897. The van der Waals surface area contributed by atoms with Gasteiger partial charge in [0.2, 0.25) is 0 Å². The number of halogens is 1. The van der Waals surface area contributed by atoms with Crippen LogP contribution in [-0.2, 0) is 6.42 Å². The molecule has 0 atom stereocenters. The number of methoxy groups -OCH3 is 2. The molecule has 2 heterocycles. The molecule has 0 bridgehead atoms. The second-order valence-corrected chi connectivity index (χ2v) is 5.78. The fraction of sp³-hybridized carbons (Fsp3) is 0.211. The quantitative estimate of drug-likeness (QED) is 0.788. The summed E-state index contributed by atoms with van der Waals surface area (Å²) in [6.07, 6.45) is 0.854. The lowest BCUT2D eigenvalue weighted by atomic mass is 10.0. The maximum Gasteiger partial charge on any atom is 0.133 e. The molecule has 0 radical (unpaired) electrons. The van der Waals surface area contributed by atoms with Gasteiger partial charge in [0.1, 0.15) is 28.8 Å². The van der Waals surface area contributed by atoms with Crippen LogP contribution in [0, 0.1) is 5.82 Å². The molecule has 0 amide bonds. The van der Waals surface area contributed by atoms with Crippen LogP contribution in [0.25, 0.3) is 16.9 Å². The van der Waals surface area contributed by atoms with Crippen molar-refractivity contribution in [1.82, 2.24) is 9.78 Å². The van der Waals surface area contributed by atoms with Gasteiger partial charge in [0.05, 0.1) is 25.5 Å². The minimum Gasteiger partial charge on any atom is -0.496 e. The Hall–Kier alpha value is -3.02. The summed E-state index contributed by atoms with van der Waals surface area (Å²) in [6, 6.07) is 12.0. The smallest absolute Gasteiger partial charge is 0.133 e. The highest BCUT2D eigenvalue weighted by Crippen LogP contribution is 2.43. The standard InChI is InChI=1S/C19H18FN3O2/c1-24-15-4-3-5-16(25-2)17(15)18-14-10-11-21-19(14)23(22-18)13-8-6-12(20)7-9-13/h3-9,21H,10-11H2,1-2H3. The molecule has 0 saturated heterocycles. The lowest BCUT2D eigenvalue weighted by Crippen LogP contribution is -2.04. The minimum atomic E-state index is -0.271. The molecule has 25 heavy (non-hydrogen) atoms. The van der Waals surface area contributed by atoms with Crippen LogP contribution >= 0.6 is 0 Å². The number of rotatable bonds is 4. The maximum absolute atomic E-state index is 13.3. The summed E-state index contributed by atoms with van der Waals surface area (Å²) >= 11 is 0. The fourth-order valence-corrected chi connectivity index (χ4v) is 3.23. The first-order valence-corrected chi connectivity index (χ1v) is 8.06. The van der Waals surface area contributed by atoms with E-state index in [2.05, 4.69) is 5.32 Å². The number of fused-ring (bicyclic) bond motifs is 1. The van der Waals surface area contributed by atoms with Crippen LogP contribution < -0.4 is 14.8 Å². The van der Waals surface area contributed by atoms with Crippen LogP contribution in [-0.4, -0.2) is 30.5 Å². The van der Waals surface area contributed by atoms with Crippen molar-refractivity contribution in [3.8, 4) is 28.4 Å². The Morgan fingerprint density at radius 3 is 2.36 bits per heavy atom. The summed E-state index contributed by atoms with van der Waals surface area (Å²) in [5.74, 6) is 2.07. The summed E-state index contributed by atoms with van der Waals surface area (Å²) in [5, 5.41) is 8.16. The maximum atomic E-state index is 13.3. The van der Waals surface area contributed by atoms with E-state index in [0.717, 1.165) is 41.3 Å². The molecule has 0 unspecified atom stereocenters.